The van der Waals surface area contributed by atoms with Gasteiger partial charge in [0.05, 0.1) is 4.83 Å². The maximum absolute atomic E-state index is 9.24. The molecule has 1 saturated heterocycles. The molecule has 0 radical (unpaired) electrons. The zero-order valence-corrected chi connectivity index (χ0v) is 7.50. The number of rotatable bonds is 0. The molecule has 0 bridgehead atoms. The van der Waals surface area contributed by atoms with Gasteiger partial charge in [0, 0.05) is 19.5 Å². The van der Waals surface area contributed by atoms with E-state index in [1.54, 1.807) is 0 Å². The quantitative estimate of drug-likeness (QED) is 0.428. The van der Waals surface area contributed by atoms with Crippen LogP contribution in [0.1, 0.15) is 6.42 Å². The van der Waals surface area contributed by atoms with Crippen LogP contribution in [0, 0.1) is 0 Å². The van der Waals surface area contributed by atoms with Crippen LogP contribution in [0.4, 0.5) is 0 Å². The van der Waals surface area contributed by atoms with Crippen LogP contribution < -0.4 is 0 Å². The normalized spacial score (nSPS) is 34.2. The number of nitrogens with zero attached hydrogens (tertiary/aromatic N) is 1. The molecule has 0 amide bonds. The summed E-state index contributed by atoms with van der Waals surface area (Å²) in [5, 5.41) is 18.5. The van der Waals surface area contributed by atoms with Crippen LogP contribution in [0.5, 0.6) is 0 Å². The Balaban J connectivity index is 2.52. The summed E-state index contributed by atoms with van der Waals surface area (Å²) in [4.78, 5) is 1.84. The molecule has 0 spiro atoms. The van der Waals surface area contributed by atoms with Crippen LogP contribution in [0.2, 0.25) is 0 Å². The SMILES string of the molecule is CN1CCC(O)(O)C(Br)C1. The molecule has 0 aromatic carbocycles. The smallest absolute Gasteiger partial charge is 0.177 e. The van der Waals surface area contributed by atoms with E-state index < -0.39 is 5.79 Å². The Morgan fingerprint density at radius 3 is 2.60 bits per heavy atom. The molecular formula is C6H12BrNO2. The van der Waals surface area contributed by atoms with Gasteiger partial charge in [-0.1, -0.05) is 15.9 Å². The summed E-state index contributed by atoms with van der Waals surface area (Å²) < 4.78 is 0. The third-order valence-corrected chi connectivity index (χ3v) is 2.86. The summed E-state index contributed by atoms with van der Waals surface area (Å²) in [5.41, 5.74) is 0. The molecule has 10 heavy (non-hydrogen) atoms. The molecule has 0 aromatic rings. The summed E-state index contributed by atoms with van der Waals surface area (Å²) >= 11 is 3.21. The first-order chi connectivity index (χ1) is 4.52. The molecule has 1 heterocycles. The van der Waals surface area contributed by atoms with Gasteiger partial charge >= 0.3 is 0 Å². The first-order valence-electron chi connectivity index (χ1n) is 3.30. The van der Waals surface area contributed by atoms with Crippen LogP contribution in [0.25, 0.3) is 0 Å². The fourth-order valence-corrected chi connectivity index (χ4v) is 1.75. The third-order valence-electron chi connectivity index (χ3n) is 1.84. The summed E-state index contributed by atoms with van der Waals surface area (Å²) in [5.74, 6) is -1.51. The average molecular weight is 210 g/mol. The van der Waals surface area contributed by atoms with Gasteiger partial charge in [0.1, 0.15) is 0 Å². The van der Waals surface area contributed by atoms with Crippen LogP contribution in [-0.2, 0) is 0 Å². The van der Waals surface area contributed by atoms with Crippen molar-refractivity contribution in [1.82, 2.24) is 4.90 Å². The Labute approximate surface area is 68.8 Å². The minimum atomic E-state index is -1.51. The molecule has 0 saturated carbocycles. The standard InChI is InChI=1S/C6H12BrNO2/c1-8-3-2-6(9,10)5(7)4-8/h5,9-10H,2-4H2,1H3. The summed E-state index contributed by atoms with van der Waals surface area (Å²) in [7, 11) is 1.96. The van der Waals surface area contributed by atoms with Crippen molar-refractivity contribution in [2.75, 3.05) is 20.1 Å². The zero-order valence-electron chi connectivity index (χ0n) is 5.92. The number of hydrogen-bond acceptors (Lipinski definition) is 3. The van der Waals surface area contributed by atoms with E-state index in [-0.39, 0.29) is 4.83 Å². The lowest BCUT2D eigenvalue weighted by Gasteiger charge is -2.36. The molecule has 1 rings (SSSR count). The van der Waals surface area contributed by atoms with E-state index in [2.05, 4.69) is 20.8 Å². The van der Waals surface area contributed by atoms with Crippen molar-refractivity contribution in [3.8, 4) is 0 Å². The second-order valence-corrected chi connectivity index (χ2v) is 3.96. The molecule has 4 heteroatoms. The van der Waals surface area contributed by atoms with Crippen molar-refractivity contribution < 1.29 is 10.2 Å². The van der Waals surface area contributed by atoms with E-state index in [1.165, 1.54) is 0 Å². The maximum Gasteiger partial charge on any atom is 0.177 e. The predicted molar refractivity (Wildman–Crippen MR) is 42.0 cm³/mol. The van der Waals surface area contributed by atoms with Crippen molar-refractivity contribution in [3.05, 3.63) is 0 Å². The Hall–Kier alpha value is 0.360. The predicted octanol–water partition coefficient (Wildman–Crippen LogP) is -0.234. The molecule has 0 aromatic heterocycles. The van der Waals surface area contributed by atoms with Crippen molar-refractivity contribution >= 4 is 15.9 Å². The zero-order chi connectivity index (χ0) is 7.78. The topological polar surface area (TPSA) is 43.7 Å². The number of halogens is 1. The van der Waals surface area contributed by atoms with Gasteiger partial charge in [-0.2, -0.15) is 0 Å². The number of aliphatic hydroxyl groups is 2. The van der Waals surface area contributed by atoms with Gasteiger partial charge in [-0.05, 0) is 7.05 Å². The lowest BCUT2D eigenvalue weighted by Crippen LogP contribution is -2.51. The highest BCUT2D eigenvalue weighted by Gasteiger charge is 2.36. The molecule has 1 fully saturated rings. The van der Waals surface area contributed by atoms with Crippen LogP contribution in [-0.4, -0.2) is 45.9 Å². The highest BCUT2D eigenvalue weighted by atomic mass is 79.9. The Bertz CT molecular complexity index is 129. The van der Waals surface area contributed by atoms with E-state index in [9.17, 15) is 10.2 Å². The van der Waals surface area contributed by atoms with E-state index in [1.807, 2.05) is 7.05 Å². The molecule has 1 unspecified atom stereocenters. The summed E-state index contributed by atoms with van der Waals surface area (Å²) in [6.45, 7) is 1.43. The molecule has 1 atom stereocenters. The van der Waals surface area contributed by atoms with Gasteiger partial charge in [0.15, 0.2) is 5.79 Å². The number of alkyl halides is 1. The van der Waals surface area contributed by atoms with E-state index in [4.69, 9.17) is 0 Å². The van der Waals surface area contributed by atoms with Gasteiger partial charge in [-0.25, -0.2) is 0 Å². The minimum absolute atomic E-state index is 0.223. The molecule has 2 N–H and O–H groups in total. The minimum Gasteiger partial charge on any atom is -0.365 e. The summed E-state index contributed by atoms with van der Waals surface area (Å²) in [6, 6.07) is 0. The second kappa shape index (κ2) is 2.77. The van der Waals surface area contributed by atoms with E-state index in [0.29, 0.717) is 13.0 Å². The van der Waals surface area contributed by atoms with Crippen LogP contribution >= 0.6 is 15.9 Å². The first kappa shape index (κ1) is 8.46. The molecule has 60 valence electrons. The van der Waals surface area contributed by atoms with Crippen molar-refractivity contribution in [3.63, 3.8) is 0 Å². The Kier molecular flexibility index (Phi) is 2.34. The second-order valence-electron chi connectivity index (χ2n) is 2.86. The van der Waals surface area contributed by atoms with Crippen LogP contribution in [0.3, 0.4) is 0 Å². The Morgan fingerprint density at radius 1 is 1.60 bits per heavy atom. The fraction of sp³-hybridized carbons (Fsp3) is 1.00. The van der Waals surface area contributed by atoms with Gasteiger partial charge < -0.3 is 15.1 Å². The van der Waals surface area contributed by atoms with Gasteiger partial charge in [-0.3, -0.25) is 0 Å². The third kappa shape index (κ3) is 1.69. The lowest BCUT2D eigenvalue weighted by molar-refractivity contribution is -0.180. The monoisotopic (exact) mass is 209 g/mol. The lowest BCUT2D eigenvalue weighted by atomic mass is 10.1. The van der Waals surface area contributed by atoms with Crippen molar-refractivity contribution in [2.45, 2.75) is 17.0 Å². The first-order valence-corrected chi connectivity index (χ1v) is 4.21. The van der Waals surface area contributed by atoms with Gasteiger partial charge in [0.2, 0.25) is 0 Å². The van der Waals surface area contributed by atoms with Crippen LogP contribution in [0.15, 0.2) is 0 Å². The van der Waals surface area contributed by atoms with Gasteiger partial charge in [0.25, 0.3) is 0 Å². The maximum atomic E-state index is 9.24. The largest absolute Gasteiger partial charge is 0.365 e. The number of likely N-dealkylation sites (tertiary alicyclic amines) is 1. The average Bonchev–Trinajstić information content (AvgIpc) is 1.81. The molecule has 3 nitrogen and oxygen atoms in total. The number of piperidine rings is 1. The Morgan fingerprint density at radius 2 is 2.20 bits per heavy atom. The van der Waals surface area contributed by atoms with Gasteiger partial charge in [-0.15, -0.1) is 0 Å². The number of hydrogen-bond donors (Lipinski definition) is 2. The van der Waals surface area contributed by atoms with E-state index >= 15 is 0 Å². The molecular weight excluding hydrogens is 198 g/mol. The van der Waals surface area contributed by atoms with Crippen molar-refractivity contribution in [2.24, 2.45) is 0 Å². The van der Waals surface area contributed by atoms with Crippen molar-refractivity contribution in [1.29, 1.82) is 0 Å². The van der Waals surface area contributed by atoms with E-state index in [0.717, 1.165) is 6.54 Å². The fourth-order valence-electron chi connectivity index (χ4n) is 1.02. The highest BCUT2D eigenvalue weighted by molar-refractivity contribution is 9.09. The molecule has 1 aliphatic rings. The molecule has 0 aliphatic carbocycles. The molecule has 1 aliphatic heterocycles. The summed E-state index contributed by atoms with van der Waals surface area (Å²) in [6.07, 6.45) is 0.416. The highest BCUT2D eigenvalue weighted by Crippen LogP contribution is 2.24.